The minimum absolute atomic E-state index is 0.0451. The number of rotatable bonds is 30. The molecule has 222 valence electrons. The van der Waals surface area contributed by atoms with Crippen molar-refractivity contribution in [3.63, 3.8) is 0 Å². The number of hydrogen-bond acceptors (Lipinski definition) is 3. The second kappa shape index (κ2) is 28.6. The molecular formula is C32H64O4S. The Balaban J connectivity index is 3.61. The van der Waals surface area contributed by atoms with Crippen LogP contribution in [0.4, 0.5) is 0 Å². The molecule has 0 radical (unpaired) electrons. The Morgan fingerprint density at radius 1 is 0.568 bits per heavy atom. The van der Waals surface area contributed by atoms with Crippen LogP contribution in [0.2, 0.25) is 0 Å². The van der Waals surface area contributed by atoms with Gasteiger partial charge in [-0.15, -0.1) is 0 Å². The fourth-order valence-corrected chi connectivity index (χ4v) is 5.39. The first-order chi connectivity index (χ1) is 18.0. The van der Waals surface area contributed by atoms with Crippen LogP contribution < -0.4 is 0 Å². The molecule has 0 aromatic rings. The van der Waals surface area contributed by atoms with Crippen LogP contribution in [0.3, 0.4) is 0 Å². The maximum Gasteiger partial charge on any atom is 0.397 e. The predicted molar refractivity (Wildman–Crippen MR) is 162 cm³/mol. The fourth-order valence-electron chi connectivity index (χ4n) is 5.05. The van der Waals surface area contributed by atoms with Gasteiger partial charge in [-0.2, -0.15) is 8.42 Å². The molecule has 0 aliphatic rings. The van der Waals surface area contributed by atoms with Crippen molar-refractivity contribution in [3.8, 4) is 0 Å². The first kappa shape index (κ1) is 36.6. The van der Waals surface area contributed by atoms with E-state index in [9.17, 15) is 8.42 Å². The Labute approximate surface area is 232 Å². The highest BCUT2D eigenvalue weighted by molar-refractivity contribution is 7.80. The summed E-state index contributed by atoms with van der Waals surface area (Å²) >= 11 is 0. The van der Waals surface area contributed by atoms with Gasteiger partial charge in [0.1, 0.15) is 0 Å². The zero-order chi connectivity index (χ0) is 27.3. The second-order valence-corrected chi connectivity index (χ2v) is 12.3. The largest absolute Gasteiger partial charge is 0.397 e. The van der Waals surface area contributed by atoms with Crippen LogP contribution in [-0.2, 0) is 14.6 Å². The van der Waals surface area contributed by atoms with E-state index in [4.69, 9.17) is 4.55 Å². The van der Waals surface area contributed by atoms with E-state index in [1.807, 2.05) is 0 Å². The van der Waals surface area contributed by atoms with Crippen molar-refractivity contribution < 1.29 is 17.2 Å². The van der Waals surface area contributed by atoms with Crippen molar-refractivity contribution in [2.75, 3.05) is 6.61 Å². The van der Waals surface area contributed by atoms with Gasteiger partial charge in [-0.3, -0.25) is 4.55 Å². The molecule has 0 saturated heterocycles. The van der Waals surface area contributed by atoms with Gasteiger partial charge in [0.15, 0.2) is 0 Å². The van der Waals surface area contributed by atoms with Gasteiger partial charge in [-0.05, 0) is 19.3 Å². The summed E-state index contributed by atoms with van der Waals surface area (Å²) in [5.41, 5.74) is 0. The highest BCUT2D eigenvalue weighted by atomic mass is 32.3. The number of allylic oxidation sites excluding steroid dienone is 1. The highest BCUT2D eigenvalue weighted by Gasteiger charge is 2.11. The minimum Gasteiger partial charge on any atom is -0.264 e. The molecule has 0 amide bonds. The molecule has 0 aliphatic carbocycles. The number of hydrogen-bond donors (Lipinski definition) is 1. The van der Waals surface area contributed by atoms with Crippen molar-refractivity contribution in [3.05, 3.63) is 12.2 Å². The molecule has 1 atom stereocenters. The van der Waals surface area contributed by atoms with Crippen molar-refractivity contribution in [1.29, 1.82) is 0 Å². The lowest BCUT2D eigenvalue weighted by atomic mass is 9.99. The van der Waals surface area contributed by atoms with Crippen molar-refractivity contribution in [2.24, 2.45) is 5.92 Å². The zero-order valence-corrected chi connectivity index (χ0v) is 25.7. The average molecular weight is 545 g/mol. The predicted octanol–water partition coefficient (Wildman–Crippen LogP) is 11.2. The van der Waals surface area contributed by atoms with Crippen molar-refractivity contribution in [1.82, 2.24) is 0 Å². The fraction of sp³-hybridized carbons (Fsp3) is 0.938. The minimum atomic E-state index is -4.36. The normalized spacial score (nSPS) is 13.1. The van der Waals surface area contributed by atoms with E-state index in [1.165, 1.54) is 148 Å². The van der Waals surface area contributed by atoms with Gasteiger partial charge < -0.3 is 0 Å². The van der Waals surface area contributed by atoms with Crippen LogP contribution >= 0.6 is 0 Å². The Morgan fingerprint density at radius 3 is 1.30 bits per heavy atom. The maximum absolute atomic E-state index is 11.0. The van der Waals surface area contributed by atoms with Gasteiger partial charge in [-0.25, -0.2) is 4.18 Å². The molecule has 0 aromatic heterocycles. The Morgan fingerprint density at radius 2 is 0.919 bits per heavy atom. The maximum atomic E-state index is 11.0. The summed E-state index contributed by atoms with van der Waals surface area (Å²) in [6, 6.07) is 0. The first-order valence-corrected chi connectivity index (χ1v) is 17.6. The van der Waals surface area contributed by atoms with Gasteiger partial charge in [0.2, 0.25) is 0 Å². The third-order valence-corrected chi connectivity index (χ3v) is 7.93. The summed E-state index contributed by atoms with van der Waals surface area (Å²) in [6.45, 7) is 4.55. The molecule has 0 spiro atoms. The van der Waals surface area contributed by atoms with Crippen LogP contribution in [-0.4, -0.2) is 19.6 Å². The summed E-state index contributed by atoms with van der Waals surface area (Å²) in [6.07, 6.45) is 38.5. The van der Waals surface area contributed by atoms with Crippen LogP contribution in [0, 0.1) is 5.92 Å². The van der Waals surface area contributed by atoms with E-state index < -0.39 is 10.4 Å². The van der Waals surface area contributed by atoms with Crippen molar-refractivity contribution in [2.45, 2.75) is 181 Å². The molecule has 0 saturated carbocycles. The Bertz CT molecular complexity index is 573. The van der Waals surface area contributed by atoms with E-state index in [0.717, 1.165) is 19.3 Å². The molecule has 1 N–H and O–H groups in total. The lowest BCUT2D eigenvalue weighted by Crippen LogP contribution is -2.12. The third-order valence-electron chi connectivity index (χ3n) is 7.49. The summed E-state index contributed by atoms with van der Waals surface area (Å²) < 4.78 is 35.5. The summed E-state index contributed by atoms with van der Waals surface area (Å²) in [7, 11) is -4.36. The van der Waals surface area contributed by atoms with E-state index in [1.54, 1.807) is 0 Å². The van der Waals surface area contributed by atoms with Gasteiger partial charge in [0.05, 0.1) is 6.61 Å². The Kier molecular flexibility index (Phi) is 28.3. The molecule has 1 unspecified atom stereocenters. The number of unbranched alkanes of at least 4 members (excludes halogenated alkanes) is 23. The molecule has 0 rings (SSSR count). The van der Waals surface area contributed by atoms with Crippen LogP contribution in [0.25, 0.3) is 0 Å². The van der Waals surface area contributed by atoms with E-state index >= 15 is 0 Å². The molecule has 0 fully saturated rings. The van der Waals surface area contributed by atoms with Gasteiger partial charge >= 0.3 is 10.4 Å². The lowest BCUT2D eigenvalue weighted by Gasteiger charge is -2.12. The van der Waals surface area contributed by atoms with Crippen LogP contribution in [0.1, 0.15) is 181 Å². The zero-order valence-electron chi connectivity index (χ0n) is 24.9. The van der Waals surface area contributed by atoms with Gasteiger partial charge in [0, 0.05) is 5.92 Å². The van der Waals surface area contributed by atoms with Crippen LogP contribution in [0.15, 0.2) is 12.2 Å². The van der Waals surface area contributed by atoms with E-state index in [-0.39, 0.29) is 12.5 Å². The molecule has 4 nitrogen and oxygen atoms in total. The highest BCUT2D eigenvalue weighted by Crippen LogP contribution is 2.17. The monoisotopic (exact) mass is 544 g/mol. The SMILES string of the molecule is CCCCCCCCCCCCCCCCCCCC/C=C/C(CCCCCCCC)COS(=O)(=O)O. The molecule has 0 aromatic carbocycles. The summed E-state index contributed by atoms with van der Waals surface area (Å²) in [4.78, 5) is 0. The first-order valence-electron chi connectivity index (χ1n) is 16.3. The summed E-state index contributed by atoms with van der Waals surface area (Å²) in [5, 5.41) is 0. The van der Waals surface area contributed by atoms with Gasteiger partial charge in [-0.1, -0.05) is 174 Å². The van der Waals surface area contributed by atoms with Gasteiger partial charge in [0.25, 0.3) is 0 Å². The average Bonchev–Trinajstić information content (AvgIpc) is 2.87. The lowest BCUT2D eigenvalue weighted by molar-refractivity contribution is 0.234. The van der Waals surface area contributed by atoms with E-state index in [0.29, 0.717) is 0 Å². The van der Waals surface area contributed by atoms with Crippen LogP contribution in [0.5, 0.6) is 0 Å². The van der Waals surface area contributed by atoms with E-state index in [2.05, 4.69) is 30.2 Å². The molecule has 0 aliphatic heterocycles. The third kappa shape index (κ3) is 31.7. The van der Waals surface area contributed by atoms with Crippen molar-refractivity contribution >= 4 is 10.4 Å². The topological polar surface area (TPSA) is 63.6 Å². The molecule has 37 heavy (non-hydrogen) atoms. The molecule has 5 heteroatoms. The molecular weight excluding hydrogens is 480 g/mol. The Hall–Kier alpha value is -0.390. The quantitative estimate of drug-likeness (QED) is 0.0555. The smallest absolute Gasteiger partial charge is 0.264 e. The summed E-state index contributed by atoms with van der Waals surface area (Å²) in [5.74, 6) is 0.0589. The standard InChI is InChI=1S/C32H64O4S/c1-3-5-7-9-11-12-13-14-15-16-17-18-19-20-21-22-23-24-26-28-30-32(31-36-37(33,34)35)29-27-25-10-8-6-4-2/h28,30,32H,3-27,29,31H2,1-2H3,(H,33,34,35)/b30-28+. The molecule has 0 bridgehead atoms. The molecule has 0 heterocycles. The second-order valence-electron chi connectivity index (χ2n) is 11.3.